The van der Waals surface area contributed by atoms with Gasteiger partial charge in [-0.05, 0) is 57.4 Å². The van der Waals surface area contributed by atoms with Crippen molar-refractivity contribution in [3.8, 4) is 0 Å². The minimum atomic E-state index is 0.257. The van der Waals surface area contributed by atoms with Crippen LogP contribution in [0.4, 0.5) is 0 Å². The summed E-state index contributed by atoms with van der Waals surface area (Å²) in [4.78, 5) is 0. The lowest BCUT2D eigenvalue weighted by atomic mass is 9.73. The van der Waals surface area contributed by atoms with Gasteiger partial charge in [0.25, 0.3) is 0 Å². The molecule has 2 unspecified atom stereocenters. The molecule has 2 aliphatic rings. The molecule has 2 saturated carbocycles. The molecular weight excluding hydrogens is 208 g/mol. The van der Waals surface area contributed by atoms with E-state index in [1.54, 1.807) is 0 Å². The maximum absolute atomic E-state index is 6.06. The highest BCUT2D eigenvalue weighted by molar-refractivity contribution is 4.98. The van der Waals surface area contributed by atoms with Gasteiger partial charge in [-0.15, -0.1) is 0 Å². The normalized spacial score (nSPS) is 34.4. The van der Waals surface area contributed by atoms with E-state index in [0.29, 0.717) is 0 Å². The second kappa shape index (κ2) is 6.01. The van der Waals surface area contributed by atoms with Crippen LogP contribution in [0.5, 0.6) is 0 Å². The van der Waals surface area contributed by atoms with Crippen LogP contribution in [0.15, 0.2) is 12.2 Å². The highest BCUT2D eigenvalue weighted by Crippen LogP contribution is 2.46. The number of hydrogen-bond donors (Lipinski definition) is 2. The van der Waals surface area contributed by atoms with E-state index in [1.165, 1.54) is 38.5 Å². The lowest BCUT2D eigenvalue weighted by Gasteiger charge is -2.41. The zero-order valence-corrected chi connectivity index (χ0v) is 11.3. The minimum absolute atomic E-state index is 0.257. The summed E-state index contributed by atoms with van der Waals surface area (Å²) in [5.74, 6) is 2.00. The standard InChI is InChI=1S/C15H28N2/c1-2-3-4-10-17-15(12-16)9-5-6-14(11-15)13-7-8-13/h2-3,13-14,17H,4-12,16H2,1H3/b3-2+. The number of rotatable bonds is 6. The predicted octanol–water partition coefficient (Wildman–Crippen LogP) is 2.84. The average molecular weight is 236 g/mol. The molecule has 0 saturated heterocycles. The Kier molecular flexibility index (Phi) is 4.63. The first-order chi connectivity index (χ1) is 8.29. The fourth-order valence-corrected chi connectivity index (χ4v) is 3.38. The second-order valence-corrected chi connectivity index (χ2v) is 5.96. The van der Waals surface area contributed by atoms with Crippen molar-refractivity contribution in [2.45, 2.75) is 57.4 Å². The van der Waals surface area contributed by atoms with Gasteiger partial charge in [-0.2, -0.15) is 0 Å². The van der Waals surface area contributed by atoms with Crippen molar-refractivity contribution in [2.75, 3.05) is 13.1 Å². The average Bonchev–Trinajstić information content (AvgIpc) is 3.19. The quantitative estimate of drug-likeness (QED) is 0.550. The molecule has 0 spiro atoms. The molecule has 0 heterocycles. The molecule has 2 fully saturated rings. The van der Waals surface area contributed by atoms with Gasteiger partial charge in [0.05, 0.1) is 0 Å². The van der Waals surface area contributed by atoms with Crippen LogP contribution in [0.1, 0.15) is 51.9 Å². The summed E-state index contributed by atoms with van der Waals surface area (Å²) in [7, 11) is 0. The third kappa shape index (κ3) is 3.56. The summed E-state index contributed by atoms with van der Waals surface area (Å²) in [5, 5.41) is 3.76. The van der Waals surface area contributed by atoms with Crippen LogP contribution >= 0.6 is 0 Å². The van der Waals surface area contributed by atoms with Gasteiger partial charge in [0.15, 0.2) is 0 Å². The summed E-state index contributed by atoms with van der Waals surface area (Å²) in [6.45, 7) is 3.98. The third-order valence-corrected chi connectivity index (χ3v) is 4.61. The van der Waals surface area contributed by atoms with Crippen molar-refractivity contribution in [1.29, 1.82) is 0 Å². The number of hydrogen-bond acceptors (Lipinski definition) is 2. The molecule has 98 valence electrons. The Bertz CT molecular complexity index is 258. The molecule has 17 heavy (non-hydrogen) atoms. The maximum Gasteiger partial charge on any atom is 0.0306 e. The fourth-order valence-electron chi connectivity index (χ4n) is 3.38. The first-order valence-corrected chi connectivity index (χ1v) is 7.36. The lowest BCUT2D eigenvalue weighted by molar-refractivity contribution is 0.171. The van der Waals surface area contributed by atoms with Crippen molar-refractivity contribution in [3.05, 3.63) is 12.2 Å². The summed E-state index contributed by atoms with van der Waals surface area (Å²) >= 11 is 0. The second-order valence-electron chi connectivity index (χ2n) is 5.96. The van der Waals surface area contributed by atoms with Gasteiger partial charge in [0.1, 0.15) is 0 Å². The topological polar surface area (TPSA) is 38.0 Å². The van der Waals surface area contributed by atoms with Crippen LogP contribution in [-0.2, 0) is 0 Å². The van der Waals surface area contributed by atoms with E-state index in [-0.39, 0.29) is 5.54 Å². The Morgan fingerprint density at radius 3 is 2.76 bits per heavy atom. The van der Waals surface area contributed by atoms with Gasteiger partial charge in [-0.1, -0.05) is 25.0 Å². The first-order valence-electron chi connectivity index (χ1n) is 7.36. The van der Waals surface area contributed by atoms with Gasteiger partial charge in [-0.3, -0.25) is 0 Å². The van der Waals surface area contributed by atoms with E-state index in [2.05, 4.69) is 24.4 Å². The van der Waals surface area contributed by atoms with Crippen LogP contribution in [0.25, 0.3) is 0 Å². The molecule has 2 atom stereocenters. The summed E-state index contributed by atoms with van der Waals surface area (Å²) in [6.07, 6.45) is 13.9. The molecule has 2 heteroatoms. The molecule has 0 radical (unpaired) electrons. The van der Waals surface area contributed by atoms with Crippen molar-refractivity contribution in [3.63, 3.8) is 0 Å². The van der Waals surface area contributed by atoms with Gasteiger partial charge < -0.3 is 11.1 Å². The molecule has 2 nitrogen and oxygen atoms in total. The molecule has 3 N–H and O–H groups in total. The Morgan fingerprint density at radius 1 is 1.29 bits per heavy atom. The fraction of sp³-hybridized carbons (Fsp3) is 0.867. The zero-order chi connectivity index (χ0) is 12.1. The Hall–Kier alpha value is -0.340. The molecule has 2 aliphatic carbocycles. The number of allylic oxidation sites excluding steroid dienone is 1. The molecule has 0 aromatic carbocycles. The number of nitrogens with one attached hydrogen (secondary N) is 1. The number of nitrogens with two attached hydrogens (primary N) is 1. The third-order valence-electron chi connectivity index (χ3n) is 4.61. The van der Waals surface area contributed by atoms with Gasteiger partial charge >= 0.3 is 0 Å². The monoisotopic (exact) mass is 236 g/mol. The van der Waals surface area contributed by atoms with E-state index in [1.807, 2.05) is 0 Å². The molecule has 0 aromatic rings. The Morgan fingerprint density at radius 2 is 2.12 bits per heavy atom. The molecule has 0 bridgehead atoms. The van der Waals surface area contributed by atoms with Crippen LogP contribution < -0.4 is 11.1 Å². The maximum atomic E-state index is 6.06. The van der Waals surface area contributed by atoms with Gasteiger partial charge in [0, 0.05) is 12.1 Å². The summed E-state index contributed by atoms with van der Waals surface area (Å²) in [5.41, 5.74) is 6.31. The summed E-state index contributed by atoms with van der Waals surface area (Å²) < 4.78 is 0. The highest BCUT2D eigenvalue weighted by Gasteiger charge is 2.40. The van der Waals surface area contributed by atoms with E-state index < -0.39 is 0 Å². The van der Waals surface area contributed by atoms with Crippen LogP contribution in [0, 0.1) is 11.8 Å². The van der Waals surface area contributed by atoms with Crippen molar-refractivity contribution >= 4 is 0 Å². The Balaban J connectivity index is 1.83. The van der Waals surface area contributed by atoms with Gasteiger partial charge in [0.2, 0.25) is 0 Å². The van der Waals surface area contributed by atoms with E-state index >= 15 is 0 Å². The molecule has 2 rings (SSSR count). The zero-order valence-electron chi connectivity index (χ0n) is 11.3. The van der Waals surface area contributed by atoms with E-state index in [0.717, 1.165) is 31.3 Å². The highest BCUT2D eigenvalue weighted by atomic mass is 15.0. The van der Waals surface area contributed by atoms with E-state index in [9.17, 15) is 0 Å². The van der Waals surface area contributed by atoms with Crippen molar-refractivity contribution < 1.29 is 0 Å². The SMILES string of the molecule is C/C=C/CCNC1(CN)CCCC(C2CC2)C1. The minimum Gasteiger partial charge on any atom is -0.329 e. The predicted molar refractivity (Wildman–Crippen MR) is 73.9 cm³/mol. The first kappa shape index (κ1) is 13.1. The smallest absolute Gasteiger partial charge is 0.0306 e. The van der Waals surface area contributed by atoms with Crippen LogP contribution in [0.2, 0.25) is 0 Å². The summed E-state index contributed by atoms with van der Waals surface area (Å²) in [6, 6.07) is 0. The van der Waals surface area contributed by atoms with Crippen molar-refractivity contribution in [2.24, 2.45) is 17.6 Å². The molecule has 0 aromatic heterocycles. The van der Waals surface area contributed by atoms with Crippen molar-refractivity contribution in [1.82, 2.24) is 5.32 Å². The largest absolute Gasteiger partial charge is 0.329 e. The molecule has 0 aliphatic heterocycles. The lowest BCUT2D eigenvalue weighted by Crippen LogP contribution is -2.54. The van der Waals surface area contributed by atoms with Crippen LogP contribution in [0.3, 0.4) is 0 Å². The van der Waals surface area contributed by atoms with E-state index in [4.69, 9.17) is 5.73 Å². The molecule has 0 amide bonds. The molecular formula is C15H28N2. The van der Waals surface area contributed by atoms with Crippen LogP contribution in [-0.4, -0.2) is 18.6 Å². The van der Waals surface area contributed by atoms with Gasteiger partial charge in [-0.25, -0.2) is 0 Å². The Labute approximate surface area is 106 Å².